The van der Waals surface area contributed by atoms with E-state index in [1.54, 1.807) is 55.7 Å². The number of carbonyl (C=O) groups is 1. The third kappa shape index (κ3) is 4.54. The Kier molecular flexibility index (Phi) is 5.25. The minimum Gasteiger partial charge on any atom is -0.482 e. The molecule has 25 heavy (non-hydrogen) atoms. The first-order valence-corrected chi connectivity index (χ1v) is 7.81. The Morgan fingerprint density at radius 2 is 2.20 bits per heavy atom. The molecule has 1 aromatic carbocycles. The van der Waals surface area contributed by atoms with E-state index >= 15 is 0 Å². The summed E-state index contributed by atoms with van der Waals surface area (Å²) in [5, 5.41) is 4.38. The first kappa shape index (κ1) is 16.9. The summed E-state index contributed by atoms with van der Waals surface area (Å²) in [7, 11) is 0. The maximum absolute atomic E-state index is 11.9. The number of pyridine rings is 1. The Labute approximate surface area is 148 Å². The molecule has 0 bridgehead atoms. The molecule has 0 fully saturated rings. The number of aromatic nitrogens is 3. The summed E-state index contributed by atoms with van der Waals surface area (Å²) in [4.78, 5) is 20.1. The quantitative estimate of drug-likeness (QED) is 0.622. The molecule has 0 saturated carbocycles. The Morgan fingerprint density at radius 3 is 2.96 bits per heavy atom. The Balaban J connectivity index is 1.56. The molecule has 3 rings (SSSR count). The fourth-order valence-corrected chi connectivity index (χ4v) is 2.17. The molecule has 0 aliphatic rings. The van der Waals surface area contributed by atoms with Crippen LogP contribution >= 0.6 is 11.6 Å². The molecule has 0 spiro atoms. The van der Waals surface area contributed by atoms with Gasteiger partial charge in [0.2, 0.25) is 5.82 Å². The minimum atomic E-state index is -0.701. The van der Waals surface area contributed by atoms with E-state index in [-0.39, 0.29) is 12.5 Å². The molecule has 3 aromatic rings. The van der Waals surface area contributed by atoms with Crippen LogP contribution in [0.25, 0.3) is 11.4 Å². The van der Waals surface area contributed by atoms with E-state index in [9.17, 15) is 4.79 Å². The second kappa shape index (κ2) is 7.76. The molecule has 0 amide bonds. The average molecular weight is 360 g/mol. The first-order chi connectivity index (χ1) is 12.1. The molecule has 0 saturated heterocycles. The third-order valence-electron chi connectivity index (χ3n) is 3.17. The largest absolute Gasteiger partial charge is 0.482 e. The van der Waals surface area contributed by atoms with Crippen molar-refractivity contribution in [2.75, 3.05) is 6.61 Å². The van der Waals surface area contributed by atoms with Crippen LogP contribution in [0.4, 0.5) is 0 Å². The zero-order valence-corrected chi connectivity index (χ0v) is 14.0. The fourth-order valence-electron chi connectivity index (χ4n) is 1.99. The lowest BCUT2D eigenvalue weighted by Crippen LogP contribution is -2.17. The van der Waals surface area contributed by atoms with Gasteiger partial charge in [-0.2, -0.15) is 4.98 Å². The van der Waals surface area contributed by atoms with Gasteiger partial charge in [0.1, 0.15) is 5.75 Å². The van der Waals surface area contributed by atoms with Gasteiger partial charge in [-0.1, -0.05) is 22.8 Å². The molecule has 8 heteroatoms. The molecule has 0 aliphatic heterocycles. The van der Waals surface area contributed by atoms with Crippen molar-refractivity contribution in [2.24, 2.45) is 0 Å². The smallest absolute Gasteiger partial charge is 0.344 e. The molecule has 2 heterocycles. The van der Waals surface area contributed by atoms with Crippen molar-refractivity contribution in [1.29, 1.82) is 0 Å². The minimum absolute atomic E-state index is 0.190. The van der Waals surface area contributed by atoms with Gasteiger partial charge in [0.25, 0.3) is 5.89 Å². The molecule has 0 aliphatic carbocycles. The highest BCUT2D eigenvalue weighted by Crippen LogP contribution is 2.20. The summed E-state index contributed by atoms with van der Waals surface area (Å²) in [6.45, 7) is 1.38. The van der Waals surface area contributed by atoms with Crippen molar-refractivity contribution < 1.29 is 18.8 Å². The summed E-state index contributed by atoms with van der Waals surface area (Å²) < 4.78 is 15.7. The lowest BCUT2D eigenvalue weighted by molar-refractivity contribution is -0.152. The van der Waals surface area contributed by atoms with Crippen molar-refractivity contribution in [3.63, 3.8) is 0 Å². The number of nitrogens with zero attached hydrogens (tertiary/aromatic N) is 3. The van der Waals surface area contributed by atoms with E-state index in [0.29, 0.717) is 22.2 Å². The first-order valence-electron chi connectivity index (χ1n) is 7.43. The number of carbonyl (C=O) groups excluding carboxylic acids is 1. The molecule has 0 N–H and O–H groups in total. The molecule has 1 unspecified atom stereocenters. The zero-order chi connectivity index (χ0) is 17.6. The van der Waals surface area contributed by atoms with E-state index < -0.39 is 12.1 Å². The van der Waals surface area contributed by atoms with Crippen LogP contribution in [0.15, 0.2) is 53.3 Å². The van der Waals surface area contributed by atoms with Crippen molar-refractivity contribution in [1.82, 2.24) is 15.1 Å². The van der Waals surface area contributed by atoms with E-state index in [0.717, 1.165) is 0 Å². The number of benzene rings is 1. The maximum atomic E-state index is 11.9. The summed E-state index contributed by atoms with van der Waals surface area (Å²) in [6.07, 6.45) is 2.56. The van der Waals surface area contributed by atoms with Gasteiger partial charge in [-0.3, -0.25) is 4.98 Å². The highest BCUT2D eigenvalue weighted by molar-refractivity contribution is 6.30. The number of rotatable bonds is 6. The molecular weight excluding hydrogens is 346 g/mol. The van der Waals surface area contributed by atoms with Gasteiger partial charge in [-0.25, -0.2) is 4.79 Å². The Morgan fingerprint density at radius 1 is 1.32 bits per heavy atom. The van der Waals surface area contributed by atoms with Crippen molar-refractivity contribution in [2.45, 2.75) is 13.0 Å². The highest BCUT2D eigenvalue weighted by Gasteiger charge is 2.19. The van der Waals surface area contributed by atoms with Crippen LogP contribution < -0.4 is 4.74 Å². The van der Waals surface area contributed by atoms with Crippen molar-refractivity contribution in [3.05, 3.63) is 59.7 Å². The number of halogens is 1. The Hall–Kier alpha value is -2.93. The highest BCUT2D eigenvalue weighted by atomic mass is 35.5. The molecular formula is C17H14ClN3O4. The predicted octanol–water partition coefficient (Wildman–Crippen LogP) is 3.47. The van der Waals surface area contributed by atoms with Crippen LogP contribution in [0.1, 0.15) is 18.9 Å². The topological polar surface area (TPSA) is 87.3 Å². The lowest BCUT2D eigenvalue weighted by Gasteiger charge is -2.10. The predicted molar refractivity (Wildman–Crippen MR) is 89.0 cm³/mol. The molecule has 1 atom stereocenters. The number of esters is 1. The van der Waals surface area contributed by atoms with Gasteiger partial charge in [0.05, 0.1) is 0 Å². The van der Waals surface area contributed by atoms with E-state index in [4.69, 9.17) is 25.6 Å². The van der Waals surface area contributed by atoms with Crippen LogP contribution in [-0.4, -0.2) is 27.7 Å². The molecule has 7 nitrogen and oxygen atoms in total. The van der Waals surface area contributed by atoms with Gasteiger partial charge in [0.15, 0.2) is 12.7 Å². The molecule has 0 radical (unpaired) electrons. The normalized spacial score (nSPS) is 11.8. The second-order valence-electron chi connectivity index (χ2n) is 5.08. The fraction of sp³-hybridized carbons (Fsp3) is 0.176. The van der Waals surface area contributed by atoms with Crippen LogP contribution in [0.5, 0.6) is 5.75 Å². The van der Waals surface area contributed by atoms with Gasteiger partial charge < -0.3 is 14.0 Å². The van der Waals surface area contributed by atoms with Crippen molar-refractivity contribution in [3.8, 4) is 17.1 Å². The second-order valence-corrected chi connectivity index (χ2v) is 5.51. The number of hydrogen-bond donors (Lipinski definition) is 0. The third-order valence-corrected chi connectivity index (χ3v) is 3.41. The van der Waals surface area contributed by atoms with Crippen LogP contribution in [0, 0.1) is 0 Å². The summed E-state index contributed by atoms with van der Waals surface area (Å²) >= 11 is 5.85. The number of ether oxygens (including phenoxy) is 2. The van der Waals surface area contributed by atoms with Crippen LogP contribution in [0.2, 0.25) is 5.02 Å². The lowest BCUT2D eigenvalue weighted by atomic mass is 10.3. The monoisotopic (exact) mass is 359 g/mol. The van der Waals surface area contributed by atoms with E-state index in [1.807, 2.05) is 0 Å². The number of hydrogen-bond acceptors (Lipinski definition) is 7. The van der Waals surface area contributed by atoms with E-state index in [2.05, 4.69) is 15.1 Å². The summed E-state index contributed by atoms with van der Waals surface area (Å²) in [6, 6.07) is 10.3. The molecule has 128 valence electrons. The van der Waals surface area contributed by atoms with Gasteiger partial charge in [0, 0.05) is 23.0 Å². The molecule has 2 aromatic heterocycles. The SMILES string of the molecule is CC(OC(=O)COc1cccc(Cl)c1)c1nc(-c2cccnc2)no1. The summed E-state index contributed by atoms with van der Waals surface area (Å²) in [5.74, 6) is 0.485. The van der Waals surface area contributed by atoms with Gasteiger partial charge in [-0.05, 0) is 37.3 Å². The van der Waals surface area contributed by atoms with Crippen LogP contribution in [-0.2, 0) is 9.53 Å². The van der Waals surface area contributed by atoms with Gasteiger partial charge in [-0.15, -0.1) is 0 Å². The average Bonchev–Trinajstić information content (AvgIpc) is 3.11. The van der Waals surface area contributed by atoms with E-state index in [1.165, 1.54) is 0 Å². The van der Waals surface area contributed by atoms with Gasteiger partial charge >= 0.3 is 5.97 Å². The van der Waals surface area contributed by atoms with Crippen molar-refractivity contribution >= 4 is 17.6 Å². The Bertz CT molecular complexity index is 854. The summed E-state index contributed by atoms with van der Waals surface area (Å²) in [5.41, 5.74) is 0.709. The van der Waals surface area contributed by atoms with Crippen LogP contribution in [0.3, 0.4) is 0 Å². The standard InChI is InChI=1S/C17H14ClN3O4/c1-11(17-20-16(21-25-17)12-4-3-7-19-9-12)24-15(22)10-23-14-6-2-5-13(18)8-14/h2-9,11H,10H2,1H3. The zero-order valence-electron chi connectivity index (χ0n) is 13.3. The maximum Gasteiger partial charge on any atom is 0.344 e.